The van der Waals surface area contributed by atoms with Crippen molar-refractivity contribution in [3.63, 3.8) is 0 Å². The summed E-state index contributed by atoms with van der Waals surface area (Å²) in [4.78, 5) is 162. The Hall–Kier alpha value is -14.9. The largest absolute Gasteiger partial charge is 0.465 e. The van der Waals surface area contributed by atoms with Crippen molar-refractivity contribution in [2.75, 3.05) is 60.9 Å². The molecule has 15 rings (SSSR count). The van der Waals surface area contributed by atoms with Gasteiger partial charge in [0.1, 0.15) is 0 Å². The van der Waals surface area contributed by atoms with Gasteiger partial charge in [-0.3, -0.25) is 47.9 Å². The highest BCUT2D eigenvalue weighted by Crippen LogP contribution is 2.45. The van der Waals surface area contributed by atoms with Gasteiger partial charge in [-0.15, -0.1) is 0 Å². The second-order valence-electron chi connectivity index (χ2n) is 28.7. The van der Waals surface area contributed by atoms with E-state index in [1.54, 1.807) is 187 Å². The Labute approximate surface area is 696 Å². The molecule has 0 spiro atoms. The van der Waals surface area contributed by atoms with Gasteiger partial charge < -0.3 is 59.7 Å². The van der Waals surface area contributed by atoms with Crippen LogP contribution in [0.15, 0.2) is 218 Å². The Morgan fingerprint density at radius 1 is 0.364 bits per heavy atom. The van der Waals surface area contributed by atoms with E-state index in [0.717, 1.165) is 0 Å². The number of fused-ring (bicyclic) bond motifs is 4. The maximum absolute atomic E-state index is 15.4. The molecule has 121 heavy (non-hydrogen) atoms. The monoisotopic (exact) mass is 1620 g/mol. The molecule has 0 saturated carbocycles. The third-order valence-electron chi connectivity index (χ3n) is 20.8. The fourth-order valence-corrected chi connectivity index (χ4v) is 15.3. The Morgan fingerprint density at radius 3 is 1.04 bits per heavy atom. The van der Waals surface area contributed by atoms with Crippen LogP contribution >= 0.6 is 0 Å². The maximum Gasteiger partial charge on any atom is 0.324 e. The molecule has 0 saturated heterocycles. The lowest BCUT2D eigenvalue weighted by molar-refractivity contribution is -0.172. The first-order valence-electron chi connectivity index (χ1n) is 40.0. The Kier molecular flexibility index (Phi) is 25.3. The first kappa shape index (κ1) is 82.6. The number of aromatic amines is 2. The summed E-state index contributed by atoms with van der Waals surface area (Å²) in [5, 5.41) is 12.8. The smallest absolute Gasteiger partial charge is 0.324 e. The van der Waals surface area contributed by atoms with Crippen LogP contribution in [0.25, 0.3) is 90.9 Å². The van der Waals surface area contributed by atoms with E-state index in [1.807, 2.05) is 97.1 Å². The van der Waals surface area contributed by atoms with Crippen LogP contribution < -0.4 is 21.3 Å². The number of hydrogen-bond acceptors (Lipinski definition) is 18. The molecule has 0 radical (unpaired) electrons. The van der Waals surface area contributed by atoms with Gasteiger partial charge in [0, 0.05) is 112 Å². The highest BCUT2D eigenvalue weighted by molar-refractivity contribution is 6.13. The van der Waals surface area contributed by atoms with Crippen molar-refractivity contribution >= 4 is 129 Å². The van der Waals surface area contributed by atoms with E-state index >= 15 is 9.59 Å². The normalized spacial score (nSPS) is 12.7. The Morgan fingerprint density at radius 2 is 0.686 bits per heavy atom. The van der Waals surface area contributed by atoms with Crippen molar-refractivity contribution in [2.24, 2.45) is 17.3 Å². The predicted molar refractivity (Wildman–Crippen MR) is 462 cm³/mol. The number of esters is 6. The number of aromatic nitrogens is 4. The number of carbonyl (C=O) groups is 10. The topological polar surface area (TPSA) is 332 Å². The molecule has 610 valence electrons. The van der Waals surface area contributed by atoms with Crippen LogP contribution in [0.2, 0.25) is 0 Å². The number of ether oxygens (including phenoxy) is 6. The number of H-pyrrole nitrogens is 2. The number of rotatable bonds is 22. The van der Waals surface area contributed by atoms with Crippen LogP contribution in [0.3, 0.4) is 0 Å². The third-order valence-corrected chi connectivity index (χ3v) is 20.8. The van der Waals surface area contributed by atoms with Crippen LogP contribution in [0.5, 0.6) is 0 Å². The standard InChI is InChI=1S/C97H86N8O16/c1-7-116-91(110)69(92(111)117-8-2)53-57-25-21-29-61(49-57)87(106)102-71-37-17-13-33-65(71)83-75-41-45-79(98-75)85-67-35-15-19-39-73(67)104-89(108)63-31-23-27-59(51-63)55-97(95(114)120-11-5,96(115)121-12-6)56-60-28-24-32-64(52-60)90(109)105-74-40-20-16-36-68(74)86(80-46-42-76(83)99-80)82-48-44-78(101-82)84(77-43-47-81(85)100-77)66-34-14-18-38-72(66)103-88(107)62-30-22-26-58(50-62)54-70(93(112)118-9-3)94(113)119-10-4/h13-52,69-70,98,101H,7-12,53-56H2,1-6H3,(H,102,106)(H,103,107)(H,104,108)(H,105,109). The highest BCUT2D eigenvalue weighted by Gasteiger charge is 2.49. The average molecular weight is 1620 g/mol. The second kappa shape index (κ2) is 37.1. The molecule has 8 aromatic carbocycles. The first-order valence-corrected chi connectivity index (χ1v) is 40.0. The lowest BCUT2D eigenvalue weighted by Gasteiger charge is -2.30. The molecule has 0 unspecified atom stereocenters. The molecule has 24 nitrogen and oxygen atoms in total. The molecule has 11 aromatic rings. The quantitative estimate of drug-likeness (QED) is 0.0209. The summed E-state index contributed by atoms with van der Waals surface area (Å²) < 4.78 is 32.6. The van der Waals surface area contributed by atoms with Crippen LogP contribution in [-0.2, 0) is 82.9 Å². The number of nitrogens with one attached hydrogen (secondary N) is 6. The van der Waals surface area contributed by atoms with E-state index in [-0.39, 0.29) is 87.6 Å². The number of para-hydroxylation sites is 4. The van der Waals surface area contributed by atoms with Crippen LogP contribution in [0.1, 0.15) is 128 Å². The van der Waals surface area contributed by atoms with Gasteiger partial charge in [-0.2, -0.15) is 0 Å². The van der Waals surface area contributed by atoms with Gasteiger partial charge in [0.25, 0.3) is 23.6 Å². The van der Waals surface area contributed by atoms with Gasteiger partial charge in [0.15, 0.2) is 17.3 Å². The number of benzene rings is 8. The third kappa shape index (κ3) is 18.0. The number of amides is 4. The van der Waals surface area contributed by atoms with Gasteiger partial charge >= 0.3 is 35.8 Å². The Bertz CT molecular complexity index is 5780. The molecule has 14 bridgehead atoms. The summed E-state index contributed by atoms with van der Waals surface area (Å²) in [6, 6.07) is 62.8. The summed E-state index contributed by atoms with van der Waals surface area (Å²) in [6.07, 6.45) is 6.62. The molecule has 0 atom stereocenters. The van der Waals surface area contributed by atoms with E-state index < -0.39 is 76.7 Å². The average Bonchev–Trinajstić information content (AvgIpc) is 1.68. The number of hydrogen-bond donors (Lipinski definition) is 6. The summed E-state index contributed by atoms with van der Waals surface area (Å²) in [5.74, 6) is -9.54. The molecule has 4 aliphatic rings. The number of nitrogens with zero attached hydrogens (tertiary/aromatic N) is 2. The molecule has 7 heterocycles. The van der Waals surface area contributed by atoms with Crippen molar-refractivity contribution in [1.29, 1.82) is 0 Å². The molecule has 24 heteroatoms. The van der Waals surface area contributed by atoms with Crippen molar-refractivity contribution in [3.05, 3.63) is 286 Å². The Balaban J connectivity index is 1.02. The van der Waals surface area contributed by atoms with Gasteiger partial charge in [0.05, 0.1) is 62.4 Å². The van der Waals surface area contributed by atoms with Crippen molar-refractivity contribution in [1.82, 2.24) is 19.9 Å². The number of carbonyl (C=O) groups excluding carboxylic acids is 10. The zero-order chi connectivity index (χ0) is 84.8. The predicted octanol–water partition coefficient (Wildman–Crippen LogP) is 17.1. The lowest BCUT2D eigenvalue weighted by atomic mass is 9.76. The molecule has 3 aromatic heterocycles. The SMILES string of the molecule is CCOC(=O)C(Cc1cccc(C(=O)Nc2ccccc2-c2c3nc(c4c5ccc([nH]5)c(-c5ccccc5NC(=O)c5cccc(CC(C(=O)OCC)C(=O)OCC)c5)c5nc(c(c6ccc2[nH]6)-c2ccccc2NC(=O)c2cccc(c2)CC(C(=O)OCC)(C(=O)OCC)Cc2cccc(c2)C(=O)Nc2ccccc2-4)C=C5)C=C3)c1)C(=O)OCC. The van der Waals surface area contributed by atoms with Gasteiger partial charge in [-0.25, -0.2) is 9.97 Å². The highest BCUT2D eigenvalue weighted by atomic mass is 16.6. The second-order valence-corrected chi connectivity index (χ2v) is 28.7. The van der Waals surface area contributed by atoms with Crippen molar-refractivity contribution < 1.29 is 76.4 Å². The molecular formula is C97H86N8O16. The van der Waals surface area contributed by atoms with E-state index in [1.165, 1.54) is 0 Å². The first-order chi connectivity index (χ1) is 58.8. The molecular weight excluding hydrogens is 1530 g/mol. The van der Waals surface area contributed by atoms with E-state index in [0.29, 0.717) is 134 Å². The van der Waals surface area contributed by atoms with Crippen LogP contribution in [-0.4, -0.2) is 119 Å². The van der Waals surface area contributed by atoms with Crippen molar-refractivity contribution in [2.45, 2.75) is 67.2 Å². The van der Waals surface area contributed by atoms with Gasteiger partial charge in [-0.1, -0.05) is 121 Å². The van der Waals surface area contributed by atoms with Crippen LogP contribution in [0.4, 0.5) is 22.7 Å². The summed E-state index contributed by atoms with van der Waals surface area (Å²) in [6.45, 7) is 9.82. The lowest BCUT2D eigenvalue weighted by Crippen LogP contribution is -2.46. The summed E-state index contributed by atoms with van der Waals surface area (Å²) >= 11 is 0. The van der Waals surface area contributed by atoms with Crippen LogP contribution in [0, 0.1) is 17.3 Å². The zero-order valence-electron chi connectivity index (χ0n) is 67.2. The molecule has 6 N–H and O–H groups in total. The zero-order valence-corrected chi connectivity index (χ0v) is 67.2. The van der Waals surface area contributed by atoms with Gasteiger partial charge in [0.2, 0.25) is 0 Å². The summed E-state index contributed by atoms with van der Waals surface area (Å²) in [7, 11) is 0. The minimum atomic E-state index is -2.03. The van der Waals surface area contributed by atoms with E-state index in [2.05, 4.69) is 31.2 Å². The minimum Gasteiger partial charge on any atom is -0.465 e. The molecule has 4 amide bonds. The summed E-state index contributed by atoms with van der Waals surface area (Å²) in [5.41, 5.74) is 9.36. The minimum absolute atomic E-state index is 0.0359. The van der Waals surface area contributed by atoms with Gasteiger partial charge in [-0.05, 0) is 211 Å². The fraction of sp³-hybridized carbons (Fsp3) is 0.196. The molecule has 0 fully saturated rings. The van der Waals surface area contributed by atoms with E-state index in [9.17, 15) is 38.4 Å². The van der Waals surface area contributed by atoms with Crippen molar-refractivity contribution in [3.8, 4) is 44.5 Å². The van der Waals surface area contributed by atoms with E-state index in [4.69, 9.17) is 38.4 Å². The molecule has 4 aliphatic heterocycles. The maximum atomic E-state index is 15.4. The fourth-order valence-electron chi connectivity index (χ4n) is 15.3. The number of anilines is 4. The molecule has 0 aliphatic carbocycles.